The van der Waals surface area contributed by atoms with E-state index in [1.54, 1.807) is 0 Å². The van der Waals surface area contributed by atoms with Crippen molar-refractivity contribution in [2.24, 2.45) is 0 Å². The highest BCUT2D eigenvalue weighted by atomic mass is 16.8. The second-order valence-corrected chi connectivity index (χ2v) is 8.61. The molecular formula is C23H32O16. The fourth-order valence-electron chi connectivity index (χ4n) is 4.01. The molecule has 0 aromatic heterocycles. The van der Waals surface area contributed by atoms with Crippen LogP contribution in [0.2, 0.25) is 0 Å². The van der Waals surface area contributed by atoms with Gasteiger partial charge < -0.3 is 47.7 Å². The Labute approximate surface area is 223 Å². The Balaban J connectivity index is 2.31. The maximum Gasteiger partial charge on any atom is 0.303 e. The van der Waals surface area contributed by atoms with Crippen LogP contribution in [-0.4, -0.2) is 109 Å². The first-order valence-corrected chi connectivity index (χ1v) is 11.8. The first-order valence-electron chi connectivity index (χ1n) is 11.8. The molecule has 9 atom stereocenters. The van der Waals surface area contributed by atoms with Crippen molar-refractivity contribution in [3.63, 3.8) is 0 Å². The van der Waals surface area contributed by atoms with Crippen LogP contribution < -0.4 is 0 Å². The number of ether oxygens (including phenoxy) is 9. The minimum atomic E-state index is -1.84. The molecule has 220 valence electrons. The van der Waals surface area contributed by atoms with Crippen molar-refractivity contribution in [2.45, 2.75) is 96.9 Å². The summed E-state index contributed by atoms with van der Waals surface area (Å²) < 4.78 is 47.8. The lowest BCUT2D eigenvalue weighted by molar-refractivity contribution is -0.304. The van der Waals surface area contributed by atoms with Gasteiger partial charge in [0.15, 0.2) is 43.1 Å². The van der Waals surface area contributed by atoms with Gasteiger partial charge in [0, 0.05) is 41.5 Å². The first kappa shape index (κ1) is 31.9. The highest BCUT2D eigenvalue weighted by Crippen LogP contribution is 2.31. The lowest BCUT2D eigenvalue weighted by Gasteiger charge is -2.42. The monoisotopic (exact) mass is 564 g/mol. The summed E-state index contributed by atoms with van der Waals surface area (Å²) in [7, 11) is 0. The quantitative estimate of drug-likeness (QED) is 0.241. The van der Waals surface area contributed by atoms with Crippen LogP contribution in [0.4, 0.5) is 0 Å². The molecule has 0 amide bonds. The van der Waals surface area contributed by atoms with E-state index in [1.807, 2.05) is 0 Å². The smallest absolute Gasteiger partial charge is 0.303 e. The van der Waals surface area contributed by atoms with Gasteiger partial charge in [0.05, 0.1) is 6.61 Å². The van der Waals surface area contributed by atoms with E-state index in [4.69, 9.17) is 42.6 Å². The number of hydrogen-bond donors (Lipinski definition) is 1. The fraction of sp³-hybridized carbons (Fsp3) is 0.739. The molecule has 2 aliphatic rings. The van der Waals surface area contributed by atoms with E-state index in [-0.39, 0.29) is 6.61 Å². The molecule has 0 aliphatic carbocycles. The van der Waals surface area contributed by atoms with E-state index < -0.39 is 97.7 Å². The van der Waals surface area contributed by atoms with E-state index in [9.17, 15) is 33.9 Å². The van der Waals surface area contributed by atoms with Crippen LogP contribution in [0, 0.1) is 0 Å². The molecule has 1 N–H and O–H groups in total. The zero-order valence-electron chi connectivity index (χ0n) is 22.2. The average molecular weight is 564 g/mol. The van der Waals surface area contributed by atoms with E-state index >= 15 is 0 Å². The van der Waals surface area contributed by atoms with Crippen LogP contribution >= 0.6 is 0 Å². The molecule has 2 heterocycles. The summed E-state index contributed by atoms with van der Waals surface area (Å²) in [5.74, 6) is -4.67. The van der Waals surface area contributed by atoms with Gasteiger partial charge in [0.1, 0.15) is 18.8 Å². The molecule has 0 bridgehead atoms. The maximum absolute atomic E-state index is 11.8. The second-order valence-electron chi connectivity index (χ2n) is 8.61. The zero-order valence-corrected chi connectivity index (χ0v) is 22.2. The standard InChI is InChI=1S/C23H32O16/c1-9(24)31-7-16-18(34-11(3)26)21(37-14(6)29)23(39-16)32-8-15-17(33-10(2)25)19(35-12(4)27)20(22(30)38-15)36-13(5)28/h15-23,30H,7-8H2,1-6H3/t15-,16-,17-,18-,19+,20-,21+,22-,23+/m1/s1. The summed E-state index contributed by atoms with van der Waals surface area (Å²) in [4.78, 5) is 70.0. The number of carbonyl (C=O) groups excluding carboxylic acids is 6. The SMILES string of the molecule is CC(=O)OC[C@H]1O[C@H](OC[C@H]2O[C@@H](O)[C@H](OC(C)=O)[C@@H](OC(C)=O)[C@@H]2OC(C)=O)[C@@H](OC(C)=O)[C@@H]1OC(C)=O. The van der Waals surface area contributed by atoms with Crippen molar-refractivity contribution in [1.29, 1.82) is 0 Å². The molecule has 0 spiro atoms. The number of carbonyl (C=O) groups is 6. The average Bonchev–Trinajstić information content (AvgIpc) is 3.09. The molecule has 2 aliphatic heterocycles. The van der Waals surface area contributed by atoms with Gasteiger partial charge in [-0.2, -0.15) is 0 Å². The van der Waals surface area contributed by atoms with Crippen molar-refractivity contribution in [3.05, 3.63) is 0 Å². The number of rotatable bonds is 10. The summed E-state index contributed by atoms with van der Waals surface area (Å²) in [6, 6.07) is 0. The van der Waals surface area contributed by atoms with Crippen LogP contribution in [0.3, 0.4) is 0 Å². The van der Waals surface area contributed by atoms with Gasteiger partial charge in [0.2, 0.25) is 0 Å². The van der Waals surface area contributed by atoms with Crippen molar-refractivity contribution in [2.75, 3.05) is 13.2 Å². The van der Waals surface area contributed by atoms with E-state index in [2.05, 4.69) is 0 Å². The van der Waals surface area contributed by atoms with Gasteiger partial charge in [-0.3, -0.25) is 28.8 Å². The Hall–Kier alpha value is -3.34. The number of aliphatic hydroxyl groups excluding tert-OH is 1. The Morgan fingerprint density at radius 1 is 0.538 bits per heavy atom. The van der Waals surface area contributed by atoms with E-state index in [1.165, 1.54) is 0 Å². The third kappa shape index (κ3) is 9.42. The molecule has 0 saturated carbocycles. The summed E-state index contributed by atoms with van der Waals surface area (Å²) in [6.07, 6.45) is -12.7. The largest absolute Gasteiger partial charge is 0.463 e. The van der Waals surface area contributed by atoms with Crippen LogP contribution in [0.5, 0.6) is 0 Å². The summed E-state index contributed by atoms with van der Waals surface area (Å²) in [5, 5.41) is 10.5. The van der Waals surface area contributed by atoms with E-state index in [0.717, 1.165) is 41.5 Å². The van der Waals surface area contributed by atoms with Gasteiger partial charge in [-0.05, 0) is 0 Å². The Morgan fingerprint density at radius 3 is 1.44 bits per heavy atom. The van der Waals surface area contributed by atoms with Crippen LogP contribution in [0.1, 0.15) is 41.5 Å². The van der Waals surface area contributed by atoms with Gasteiger partial charge >= 0.3 is 35.8 Å². The Morgan fingerprint density at radius 2 is 0.949 bits per heavy atom. The molecule has 2 fully saturated rings. The van der Waals surface area contributed by atoms with Crippen molar-refractivity contribution in [1.82, 2.24) is 0 Å². The third-order valence-electron chi connectivity index (χ3n) is 5.26. The molecule has 0 unspecified atom stereocenters. The van der Waals surface area contributed by atoms with E-state index in [0.29, 0.717) is 0 Å². The molecule has 2 rings (SSSR count). The van der Waals surface area contributed by atoms with Gasteiger partial charge in [-0.15, -0.1) is 0 Å². The second kappa shape index (κ2) is 14.2. The first-order chi connectivity index (χ1) is 18.2. The van der Waals surface area contributed by atoms with Crippen molar-refractivity contribution < 1.29 is 76.5 Å². The summed E-state index contributed by atoms with van der Waals surface area (Å²) >= 11 is 0. The normalized spacial score (nSPS) is 31.9. The molecule has 16 nitrogen and oxygen atoms in total. The molecule has 0 radical (unpaired) electrons. The number of hydrogen-bond acceptors (Lipinski definition) is 16. The molecule has 16 heteroatoms. The highest BCUT2D eigenvalue weighted by Gasteiger charge is 2.54. The summed E-state index contributed by atoms with van der Waals surface area (Å²) in [6.45, 7) is 5.61. The molecule has 39 heavy (non-hydrogen) atoms. The van der Waals surface area contributed by atoms with Gasteiger partial charge in [-0.25, -0.2) is 0 Å². The Bertz CT molecular complexity index is 933. The van der Waals surface area contributed by atoms with Crippen molar-refractivity contribution >= 4 is 35.8 Å². The lowest BCUT2D eigenvalue weighted by atomic mass is 9.98. The predicted molar refractivity (Wildman–Crippen MR) is 120 cm³/mol. The lowest BCUT2D eigenvalue weighted by Crippen LogP contribution is -2.62. The highest BCUT2D eigenvalue weighted by molar-refractivity contribution is 5.69. The molecule has 2 saturated heterocycles. The molecule has 0 aromatic rings. The zero-order chi connectivity index (χ0) is 29.4. The van der Waals surface area contributed by atoms with Crippen molar-refractivity contribution in [3.8, 4) is 0 Å². The minimum absolute atomic E-state index is 0.377. The third-order valence-corrected chi connectivity index (χ3v) is 5.26. The van der Waals surface area contributed by atoms with Crippen LogP contribution in [-0.2, 0) is 71.4 Å². The maximum atomic E-state index is 11.8. The minimum Gasteiger partial charge on any atom is -0.463 e. The summed E-state index contributed by atoms with van der Waals surface area (Å²) in [5.41, 5.74) is 0. The topological polar surface area (TPSA) is 206 Å². The van der Waals surface area contributed by atoms with Crippen LogP contribution in [0.25, 0.3) is 0 Å². The van der Waals surface area contributed by atoms with Gasteiger partial charge in [0.25, 0.3) is 0 Å². The van der Waals surface area contributed by atoms with Gasteiger partial charge in [-0.1, -0.05) is 0 Å². The Kier molecular flexibility index (Phi) is 11.6. The fourth-order valence-corrected chi connectivity index (χ4v) is 4.01. The molecule has 0 aromatic carbocycles. The number of esters is 6. The number of aliphatic hydroxyl groups is 1. The molecular weight excluding hydrogens is 532 g/mol. The predicted octanol–water partition coefficient (Wildman–Crippen LogP) is -1.33. The van der Waals surface area contributed by atoms with Crippen LogP contribution in [0.15, 0.2) is 0 Å².